The minimum absolute atomic E-state index is 0.163. The van der Waals surface area contributed by atoms with Gasteiger partial charge in [-0.2, -0.15) is 5.10 Å². The maximum absolute atomic E-state index is 12.7. The summed E-state index contributed by atoms with van der Waals surface area (Å²) in [6, 6.07) is 3.44. The summed E-state index contributed by atoms with van der Waals surface area (Å²) in [5, 5.41) is 9.73. The van der Waals surface area contributed by atoms with E-state index >= 15 is 0 Å². The first-order valence-corrected chi connectivity index (χ1v) is 12.8. The van der Waals surface area contributed by atoms with Gasteiger partial charge in [0.25, 0.3) is 5.56 Å². The molecule has 0 spiro atoms. The molecule has 0 aliphatic heterocycles. The maximum Gasteiger partial charge on any atom is 0.331 e. The third-order valence-corrected chi connectivity index (χ3v) is 6.91. The average molecular weight is 551 g/mol. The van der Waals surface area contributed by atoms with Crippen molar-refractivity contribution < 1.29 is 9.53 Å². The number of rotatable bonds is 9. The number of unbranched alkanes of at least 4 members (excludes halogenated alkanes) is 2. The molecule has 10 nitrogen and oxygen atoms in total. The first kappa shape index (κ1) is 25.9. The molecular formula is C23H24Cl2N6O4S. The molecule has 0 aliphatic carbocycles. The smallest absolute Gasteiger partial charge is 0.331 e. The van der Waals surface area contributed by atoms with Gasteiger partial charge in [-0.05, 0) is 18.6 Å². The molecule has 1 aromatic carbocycles. The molecule has 0 fully saturated rings. The Labute approximate surface area is 220 Å². The quantitative estimate of drug-likeness (QED) is 0.314. The number of nitrogens with one attached hydrogen (secondary N) is 1. The average Bonchev–Trinajstić information content (AvgIpc) is 3.47. The second-order valence-corrected chi connectivity index (χ2v) is 9.82. The van der Waals surface area contributed by atoms with Gasteiger partial charge >= 0.3 is 5.69 Å². The molecule has 0 radical (unpaired) electrons. The zero-order valence-corrected chi connectivity index (χ0v) is 22.2. The molecule has 0 saturated carbocycles. The van der Waals surface area contributed by atoms with Crippen molar-refractivity contribution in [1.82, 2.24) is 23.9 Å². The molecule has 36 heavy (non-hydrogen) atoms. The summed E-state index contributed by atoms with van der Waals surface area (Å²) >= 11 is 14.0. The fourth-order valence-corrected chi connectivity index (χ4v) is 5.00. The third kappa shape index (κ3) is 5.18. The van der Waals surface area contributed by atoms with Crippen LogP contribution < -0.4 is 21.3 Å². The number of hydrogen-bond donors (Lipinski definition) is 1. The number of hydrogen-bond acceptors (Lipinski definition) is 7. The van der Waals surface area contributed by atoms with Crippen LogP contribution in [-0.4, -0.2) is 36.4 Å². The van der Waals surface area contributed by atoms with Gasteiger partial charge in [0, 0.05) is 25.0 Å². The van der Waals surface area contributed by atoms with Gasteiger partial charge in [-0.15, -0.1) is 11.3 Å². The van der Waals surface area contributed by atoms with Crippen molar-refractivity contribution in [2.75, 3.05) is 11.9 Å². The van der Waals surface area contributed by atoms with Crippen LogP contribution >= 0.6 is 34.5 Å². The van der Waals surface area contributed by atoms with E-state index in [2.05, 4.69) is 22.3 Å². The molecule has 3 heterocycles. The minimum atomic E-state index is -0.526. The Bertz CT molecular complexity index is 1530. The second-order valence-electron chi connectivity index (χ2n) is 8.15. The number of anilines is 1. The molecule has 4 aromatic rings. The van der Waals surface area contributed by atoms with Crippen molar-refractivity contribution in [3.05, 3.63) is 54.6 Å². The highest BCUT2D eigenvalue weighted by atomic mass is 35.5. The number of carbonyl (C=O) groups excluding carboxylic acids is 1. The van der Waals surface area contributed by atoms with Gasteiger partial charge in [0.2, 0.25) is 5.91 Å². The fraction of sp³-hybridized carbons (Fsp3) is 0.348. The zero-order chi connectivity index (χ0) is 26.0. The zero-order valence-electron chi connectivity index (χ0n) is 19.9. The molecule has 0 saturated heterocycles. The Kier molecular flexibility index (Phi) is 7.82. The van der Waals surface area contributed by atoms with Gasteiger partial charge in [-0.1, -0.05) is 43.0 Å². The molecular weight excluding hydrogens is 527 g/mol. The molecule has 0 atom stereocenters. The Morgan fingerprint density at radius 1 is 1.14 bits per heavy atom. The highest BCUT2D eigenvalue weighted by molar-refractivity contribution is 7.14. The number of amides is 1. The van der Waals surface area contributed by atoms with Gasteiger partial charge in [-0.25, -0.2) is 14.5 Å². The molecule has 0 aliphatic rings. The summed E-state index contributed by atoms with van der Waals surface area (Å²) in [6.07, 6.45) is 4.46. The number of ether oxygens (including phenoxy) is 1. The molecule has 4 rings (SSSR count). The van der Waals surface area contributed by atoms with Crippen LogP contribution in [0.5, 0.6) is 5.75 Å². The van der Waals surface area contributed by atoms with E-state index in [-0.39, 0.29) is 12.1 Å². The van der Waals surface area contributed by atoms with Crippen molar-refractivity contribution in [2.24, 2.45) is 14.1 Å². The summed E-state index contributed by atoms with van der Waals surface area (Å²) in [5.74, 6) is 0.0146. The van der Waals surface area contributed by atoms with Crippen LogP contribution in [-0.2, 0) is 25.4 Å². The van der Waals surface area contributed by atoms with Crippen molar-refractivity contribution in [3.8, 4) is 17.0 Å². The van der Waals surface area contributed by atoms with E-state index in [9.17, 15) is 14.4 Å². The number of benzene rings is 1. The molecule has 190 valence electrons. The van der Waals surface area contributed by atoms with Gasteiger partial charge in [0.05, 0.1) is 34.1 Å². The van der Waals surface area contributed by atoms with Gasteiger partial charge in [0.1, 0.15) is 6.54 Å². The standard InChI is InChI=1S/C23H24Cl2N6O4S/c1-4-5-6-7-35-20-14(24)8-13(9-15(20)25)16-12-36-22(27-16)28-18(32)11-31-19-17(10-26-31)29(2)23(34)30(3)21(19)33/h8-10,12H,4-7,11H2,1-3H3,(H,27,28,32). The number of nitrogens with zero attached hydrogens (tertiary/aromatic N) is 5. The largest absolute Gasteiger partial charge is 0.490 e. The Hall–Kier alpha value is -3.15. The lowest BCUT2D eigenvalue weighted by molar-refractivity contribution is -0.116. The molecule has 0 bridgehead atoms. The molecule has 0 unspecified atom stereocenters. The summed E-state index contributed by atoms with van der Waals surface area (Å²) in [6.45, 7) is 2.42. The Morgan fingerprint density at radius 2 is 1.86 bits per heavy atom. The summed E-state index contributed by atoms with van der Waals surface area (Å²) in [4.78, 5) is 41.8. The highest BCUT2D eigenvalue weighted by Gasteiger charge is 2.17. The van der Waals surface area contributed by atoms with Crippen molar-refractivity contribution in [2.45, 2.75) is 32.7 Å². The second kappa shape index (κ2) is 10.9. The topological polar surface area (TPSA) is 113 Å². The highest BCUT2D eigenvalue weighted by Crippen LogP contribution is 2.38. The lowest BCUT2D eigenvalue weighted by Crippen LogP contribution is -2.37. The number of carbonyl (C=O) groups is 1. The van der Waals surface area contributed by atoms with Crippen LogP contribution in [0.3, 0.4) is 0 Å². The van der Waals surface area contributed by atoms with E-state index in [0.29, 0.717) is 44.3 Å². The first-order chi connectivity index (χ1) is 17.2. The Morgan fingerprint density at radius 3 is 2.56 bits per heavy atom. The lowest BCUT2D eigenvalue weighted by Gasteiger charge is -2.11. The normalized spacial score (nSPS) is 11.2. The predicted molar refractivity (Wildman–Crippen MR) is 141 cm³/mol. The number of aryl methyl sites for hydroxylation is 1. The van der Waals surface area contributed by atoms with E-state index in [0.717, 1.165) is 23.8 Å². The lowest BCUT2D eigenvalue weighted by atomic mass is 10.1. The maximum atomic E-state index is 12.7. The van der Waals surface area contributed by atoms with E-state index in [1.165, 1.54) is 40.9 Å². The number of halogens is 2. The van der Waals surface area contributed by atoms with Crippen LogP contribution in [0.15, 0.2) is 33.3 Å². The van der Waals surface area contributed by atoms with E-state index in [1.54, 1.807) is 17.5 Å². The summed E-state index contributed by atoms with van der Waals surface area (Å²) < 4.78 is 9.29. The number of fused-ring (bicyclic) bond motifs is 1. The van der Waals surface area contributed by atoms with Crippen LogP contribution in [0.25, 0.3) is 22.3 Å². The third-order valence-electron chi connectivity index (χ3n) is 5.59. The van der Waals surface area contributed by atoms with Crippen LogP contribution in [0, 0.1) is 0 Å². The number of thiazole rings is 1. The summed E-state index contributed by atoms with van der Waals surface area (Å²) in [5.41, 5.74) is 0.787. The van der Waals surface area contributed by atoms with E-state index in [4.69, 9.17) is 27.9 Å². The molecule has 3 aromatic heterocycles. The SMILES string of the molecule is CCCCCOc1c(Cl)cc(-c2csc(NC(=O)Cn3ncc4c3c(=O)n(C)c(=O)n4C)n2)cc1Cl. The molecule has 1 N–H and O–H groups in total. The monoisotopic (exact) mass is 550 g/mol. The van der Waals surface area contributed by atoms with Crippen molar-refractivity contribution in [3.63, 3.8) is 0 Å². The number of aromatic nitrogens is 5. The Balaban J connectivity index is 1.48. The van der Waals surface area contributed by atoms with E-state index in [1.807, 2.05) is 0 Å². The van der Waals surface area contributed by atoms with E-state index < -0.39 is 17.2 Å². The molecule has 1 amide bonds. The predicted octanol–water partition coefficient (Wildman–Crippen LogP) is 4.07. The van der Waals surface area contributed by atoms with Crippen LogP contribution in [0.1, 0.15) is 26.2 Å². The van der Waals surface area contributed by atoms with Crippen LogP contribution in [0.2, 0.25) is 10.0 Å². The fourth-order valence-electron chi connectivity index (χ4n) is 3.67. The van der Waals surface area contributed by atoms with Crippen molar-refractivity contribution in [1.29, 1.82) is 0 Å². The first-order valence-electron chi connectivity index (χ1n) is 11.2. The van der Waals surface area contributed by atoms with Gasteiger partial charge in [0.15, 0.2) is 16.4 Å². The summed E-state index contributed by atoms with van der Waals surface area (Å²) in [7, 11) is 2.92. The minimum Gasteiger partial charge on any atom is -0.490 e. The molecule has 13 heteroatoms. The van der Waals surface area contributed by atoms with Crippen LogP contribution in [0.4, 0.5) is 5.13 Å². The van der Waals surface area contributed by atoms with Gasteiger partial charge in [-0.3, -0.25) is 18.7 Å². The van der Waals surface area contributed by atoms with Crippen molar-refractivity contribution >= 4 is 56.6 Å². The van der Waals surface area contributed by atoms with Gasteiger partial charge < -0.3 is 10.1 Å².